The number of thiazole rings is 1. The molecule has 0 bridgehead atoms. The fourth-order valence-corrected chi connectivity index (χ4v) is 3.74. The first-order valence-electron chi connectivity index (χ1n) is 7.81. The Bertz CT molecular complexity index is 676. The summed E-state index contributed by atoms with van der Waals surface area (Å²) in [5.41, 5.74) is 3.04. The molecule has 3 rings (SSSR count). The number of aryl methyl sites for hydroxylation is 1. The standard InChI is InChI=1S/C17H20N2O3S/c1-2-12-3-5-13(6-4-12)16-14(11-15(20)21)23-17(18-16)19-7-9-22-10-8-19/h3-6H,2,7-11H2,1H3,(H,20,21). The number of carboxylic acids is 1. The van der Waals surface area contributed by atoms with Gasteiger partial charge in [-0.05, 0) is 12.0 Å². The van der Waals surface area contributed by atoms with Crippen LogP contribution in [0.25, 0.3) is 11.3 Å². The number of carboxylic acid groups (broad SMARTS) is 1. The Morgan fingerprint density at radius 3 is 2.61 bits per heavy atom. The van der Waals surface area contributed by atoms with Crippen LogP contribution in [0.2, 0.25) is 0 Å². The van der Waals surface area contributed by atoms with Crippen LogP contribution in [0.3, 0.4) is 0 Å². The average Bonchev–Trinajstić information content (AvgIpc) is 2.99. The maximum atomic E-state index is 11.2. The molecule has 0 radical (unpaired) electrons. The number of nitrogens with zero attached hydrogens (tertiary/aromatic N) is 2. The first kappa shape index (κ1) is 16.0. The number of hydrogen-bond donors (Lipinski definition) is 1. The summed E-state index contributed by atoms with van der Waals surface area (Å²) in [7, 11) is 0. The van der Waals surface area contributed by atoms with Crippen LogP contribution in [0.4, 0.5) is 5.13 Å². The van der Waals surface area contributed by atoms with Crippen molar-refractivity contribution < 1.29 is 14.6 Å². The number of anilines is 1. The van der Waals surface area contributed by atoms with Gasteiger partial charge in [0.25, 0.3) is 0 Å². The number of benzene rings is 1. The summed E-state index contributed by atoms with van der Waals surface area (Å²) in [6, 6.07) is 8.21. The Kier molecular flexibility index (Phi) is 4.93. The SMILES string of the molecule is CCc1ccc(-c2nc(N3CCOCC3)sc2CC(=O)O)cc1. The highest BCUT2D eigenvalue weighted by molar-refractivity contribution is 7.16. The minimum Gasteiger partial charge on any atom is -0.481 e. The summed E-state index contributed by atoms with van der Waals surface area (Å²) in [5, 5.41) is 10.1. The molecule has 1 aromatic heterocycles. The second kappa shape index (κ2) is 7.10. The van der Waals surface area contributed by atoms with Crippen LogP contribution >= 0.6 is 11.3 Å². The second-order valence-electron chi connectivity index (χ2n) is 5.49. The monoisotopic (exact) mass is 332 g/mol. The molecule has 6 heteroatoms. The van der Waals surface area contributed by atoms with Crippen LogP contribution in [0.5, 0.6) is 0 Å². The van der Waals surface area contributed by atoms with Gasteiger partial charge < -0.3 is 14.7 Å². The molecular formula is C17H20N2O3S. The molecule has 2 heterocycles. The summed E-state index contributed by atoms with van der Waals surface area (Å²) in [6.45, 7) is 5.09. The van der Waals surface area contributed by atoms with Crippen LogP contribution < -0.4 is 4.90 Å². The summed E-state index contributed by atoms with van der Waals surface area (Å²) in [5.74, 6) is -0.825. The summed E-state index contributed by atoms with van der Waals surface area (Å²) < 4.78 is 5.37. The Labute approximate surface area is 139 Å². The third kappa shape index (κ3) is 3.71. The van der Waals surface area contributed by atoms with E-state index in [-0.39, 0.29) is 6.42 Å². The Morgan fingerprint density at radius 1 is 1.30 bits per heavy atom. The quantitative estimate of drug-likeness (QED) is 0.912. The fourth-order valence-electron chi connectivity index (χ4n) is 2.61. The van der Waals surface area contributed by atoms with E-state index < -0.39 is 5.97 Å². The van der Waals surface area contributed by atoms with Gasteiger partial charge in [0.2, 0.25) is 0 Å². The Balaban J connectivity index is 1.95. The number of aromatic nitrogens is 1. The zero-order valence-electron chi connectivity index (χ0n) is 13.1. The van der Waals surface area contributed by atoms with Gasteiger partial charge in [-0.15, -0.1) is 11.3 Å². The van der Waals surface area contributed by atoms with Crippen LogP contribution in [-0.4, -0.2) is 42.4 Å². The Morgan fingerprint density at radius 2 is 2.00 bits per heavy atom. The number of aliphatic carboxylic acids is 1. The minimum atomic E-state index is -0.825. The van der Waals surface area contributed by atoms with Crippen molar-refractivity contribution in [3.63, 3.8) is 0 Å². The lowest BCUT2D eigenvalue weighted by Crippen LogP contribution is -2.36. The molecule has 122 valence electrons. The van der Waals surface area contributed by atoms with Gasteiger partial charge in [-0.25, -0.2) is 4.98 Å². The number of carbonyl (C=O) groups is 1. The summed E-state index contributed by atoms with van der Waals surface area (Å²) in [4.78, 5) is 18.9. The van der Waals surface area contributed by atoms with Crippen molar-refractivity contribution in [3.05, 3.63) is 34.7 Å². The smallest absolute Gasteiger partial charge is 0.308 e. The van der Waals surface area contributed by atoms with E-state index in [9.17, 15) is 9.90 Å². The summed E-state index contributed by atoms with van der Waals surface area (Å²) in [6.07, 6.45) is 0.991. The third-order valence-corrected chi connectivity index (χ3v) is 5.03. The molecule has 2 aromatic rings. The molecular weight excluding hydrogens is 312 g/mol. The van der Waals surface area contributed by atoms with Crippen molar-refractivity contribution in [2.45, 2.75) is 19.8 Å². The number of rotatable bonds is 5. The molecule has 0 unspecified atom stereocenters. The lowest BCUT2D eigenvalue weighted by Gasteiger charge is -2.26. The fraction of sp³-hybridized carbons (Fsp3) is 0.412. The molecule has 0 spiro atoms. The van der Waals surface area contributed by atoms with Crippen LogP contribution in [0.15, 0.2) is 24.3 Å². The molecule has 1 aliphatic rings. The number of morpholine rings is 1. The lowest BCUT2D eigenvalue weighted by atomic mass is 10.1. The maximum absolute atomic E-state index is 11.2. The van der Waals surface area contributed by atoms with Crippen molar-refractivity contribution in [1.29, 1.82) is 0 Å². The van der Waals surface area contributed by atoms with Crippen LogP contribution in [0.1, 0.15) is 17.4 Å². The zero-order chi connectivity index (χ0) is 16.2. The predicted octanol–water partition coefficient (Wildman–Crippen LogP) is 2.84. The number of ether oxygens (including phenoxy) is 1. The van der Waals surface area contributed by atoms with Gasteiger partial charge in [0, 0.05) is 23.5 Å². The highest BCUT2D eigenvalue weighted by Gasteiger charge is 2.20. The van der Waals surface area contributed by atoms with E-state index in [1.807, 2.05) is 12.1 Å². The molecule has 1 aromatic carbocycles. The van der Waals surface area contributed by atoms with E-state index >= 15 is 0 Å². The van der Waals surface area contributed by atoms with E-state index in [1.54, 1.807) is 0 Å². The van der Waals surface area contributed by atoms with Gasteiger partial charge in [0.1, 0.15) is 0 Å². The zero-order valence-corrected chi connectivity index (χ0v) is 13.9. The van der Waals surface area contributed by atoms with E-state index in [4.69, 9.17) is 9.72 Å². The highest BCUT2D eigenvalue weighted by Crippen LogP contribution is 2.34. The molecule has 0 saturated carbocycles. The molecule has 0 aliphatic carbocycles. The van der Waals surface area contributed by atoms with Crippen molar-refractivity contribution in [2.75, 3.05) is 31.2 Å². The first-order valence-corrected chi connectivity index (χ1v) is 8.62. The summed E-state index contributed by atoms with van der Waals surface area (Å²) >= 11 is 1.48. The van der Waals surface area contributed by atoms with Gasteiger partial charge in [-0.1, -0.05) is 31.2 Å². The van der Waals surface area contributed by atoms with Gasteiger partial charge in [0.15, 0.2) is 5.13 Å². The third-order valence-electron chi connectivity index (χ3n) is 3.92. The highest BCUT2D eigenvalue weighted by atomic mass is 32.1. The predicted molar refractivity (Wildman–Crippen MR) is 91.3 cm³/mol. The Hall–Kier alpha value is -1.92. The van der Waals surface area contributed by atoms with Gasteiger partial charge in [0.05, 0.1) is 25.3 Å². The molecule has 0 atom stereocenters. The van der Waals surface area contributed by atoms with E-state index in [0.29, 0.717) is 13.2 Å². The molecule has 1 N–H and O–H groups in total. The maximum Gasteiger partial charge on any atom is 0.308 e. The van der Waals surface area contributed by atoms with Crippen molar-refractivity contribution in [3.8, 4) is 11.3 Å². The first-order chi connectivity index (χ1) is 11.2. The largest absolute Gasteiger partial charge is 0.481 e. The van der Waals surface area contributed by atoms with Crippen molar-refractivity contribution >= 4 is 22.4 Å². The topological polar surface area (TPSA) is 62.7 Å². The molecule has 1 saturated heterocycles. The van der Waals surface area contributed by atoms with Gasteiger partial charge in [-0.2, -0.15) is 0 Å². The normalized spacial score (nSPS) is 14.9. The number of hydrogen-bond acceptors (Lipinski definition) is 5. The second-order valence-corrected chi connectivity index (χ2v) is 6.55. The van der Waals surface area contributed by atoms with E-state index in [0.717, 1.165) is 40.8 Å². The van der Waals surface area contributed by atoms with Gasteiger partial charge in [-0.3, -0.25) is 4.79 Å². The lowest BCUT2D eigenvalue weighted by molar-refractivity contribution is -0.136. The van der Waals surface area contributed by atoms with Crippen molar-refractivity contribution in [1.82, 2.24) is 4.98 Å². The molecule has 0 amide bonds. The van der Waals surface area contributed by atoms with Gasteiger partial charge >= 0.3 is 5.97 Å². The molecule has 5 nitrogen and oxygen atoms in total. The molecule has 1 aliphatic heterocycles. The van der Waals surface area contributed by atoms with E-state index in [1.165, 1.54) is 16.9 Å². The molecule has 1 fully saturated rings. The van der Waals surface area contributed by atoms with Crippen LogP contribution in [0, 0.1) is 0 Å². The molecule has 23 heavy (non-hydrogen) atoms. The van der Waals surface area contributed by atoms with Crippen LogP contribution in [-0.2, 0) is 22.4 Å². The minimum absolute atomic E-state index is 0.00681. The average molecular weight is 332 g/mol. The van der Waals surface area contributed by atoms with E-state index in [2.05, 4.69) is 24.0 Å². The van der Waals surface area contributed by atoms with Crippen molar-refractivity contribution in [2.24, 2.45) is 0 Å².